The maximum absolute atomic E-state index is 12.2. The molecule has 1 aromatic rings. The zero-order chi connectivity index (χ0) is 14.7. The topological polar surface area (TPSA) is 44.4 Å². The Bertz CT molecular complexity index is 469. The van der Waals surface area contributed by atoms with Crippen LogP contribution in [-0.4, -0.2) is 43.5 Å². The van der Waals surface area contributed by atoms with Crippen molar-refractivity contribution in [3.05, 3.63) is 28.8 Å². The van der Waals surface area contributed by atoms with Gasteiger partial charge in [0.15, 0.2) is 0 Å². The number of nitrogens with one attached hydrogen (secondary N) is 2. The predicted molar refractivity (Wildman–Crippen MR) is 83.2 cm³/mol. The van der Waals surface area contributed by atoms with Gasteiger partial charge in [-0.15, -0.1) is 0 Å². The molecule has 0 radical (unpaired) electrons. The van der Waals surface area contributed by atoms with E-state index in [1.165, 1.54) is 5.56 Å². The highest BCUT2D eigenvalue weighted by molar-refractivity contribution is 5.93. The van der Waals surface area contributed by atoms with Gasteiger partial charge in [-0.3, -0.25) is 9.69 Å². The highest BCUT2D eigenvalue weighted by Crippen LogP contribution is 2.21. The lowest BCUT2D eigenvalue weighted by Crippen LogP contribution is -2.39. The Hall–Kier alpha value is -1.39. The summed E-state index contributed by atoms with van der Waals surface area (Å²) in [7, 11) is 2.02. The van der Waals surface area contributed by atoms with Crippen LogP contribution in [0.25, 0.3) is 0 Å². The fourth-order valence-electron chi connectivity index (χ4n) is 2.93. The molecule has 1 aliphatic rings. The van der Waals surface area contributed by atoms with Crippen LogP contribution in [0.15, 0.2) is 12.1 Å². The third kappa shape index (κ3) is 3.58. The van der Waals surface area contributed by atoms with Crippen molar-refractivity contribution >= 4 is 11.6 Å². The molecule has 1 aromatic carbocycles. The minimum atomic E-state index is 0.0643. The zero-order valence-corrected chi connectivity index (χ0v) is 12.9. The summed E-state index contributed by atoms with van der Waals surface area (Å²) in [6.45, 7) is 8.63. The molecule has 1 unspecified atom stereocenters. The zero-order valence-electron chi connectivity index (χ0n) is 12.9. The molecule has 1 amide bonds. The average molecular weight is 275 g/mol. The second-order valence-electron chi connectivity index (χ2n) is 5.88. The Kier molecular flexibility index (Phi) is 4.78. The Labute approximate surface area is 121 Å². The fourth-order valence-corrected chi connectivity index (χ4v) is 2.93. The number of hydrogen-bond acceptors (Lipinski definition) is 3. The molecule has 0 bridgehead atoms. The maximum atomic E-state index is 12.2. The van der Waals surface area contributed by atoms with Crippen LogP contribution in [0, 0.1) is 20.8 Å². The lowest BCUT2D eigenvalue weighted by Gasteiger charge is -2.23. The van der Waals surface area contributed by atoms with Gasteiger partial charge in [-0.25, -0.2) is 0 Å². The van der Waals surface area contributed by atoms with Crippen molar-refractivity contribution < 1.29 is 4.79 Å². The van der Waals surface area contributed by atoms with Crippen LogP contribution >= 0.6 is 0 Å². The third-order valence-electron chi connectivity index (χ3n) is 3.99. The van der Waals surface area contributed by atoms with E-state index in [4.69, 9.17) is 0 Å². The Morgan fingerprint density at radius 1 is 1.35 bits per heavy atom. The molecule has 110 valence electrons. The first kappa shape index (κ1) is 15.0. The van der Waals surface area contributed by atoms with E-state index in [9.17, 15) is 4.79 Å². The molecule has 0 aliphatic carbocycles. The standard InChI is InChI=1S/C16H25N3O/c1-11-7-12(2)16(13(3)8-11)18-15(20)10-19(4)14-5-6-17-9-14/h7-8,14,17H,5-6,9-10H2,1-4H3,(H,18,20). The fraction of sp³-hybridized carbons (Fsp3) is 0.562. The summed E-state index contributed by atoms with van der Waals surface area (Å²) in [6.07, 6.45) is 1.12. The van der Waals surface area contributed by atoms with Crippen LogP contribution in [-0.2, 0) is 4.79 Å². The largest absolute Gasteiger partial charge is 0.324 e. The van der Waals surface area contributed by atoms with Gasteiger partial charge in [0, 0.05) is 18.3 Å². The minimum absolute atomic E-state index is 0.0643. The molecule has 1 saturated heterocycles. The lowest BCUT2D eigenvalue weighted by molar-refractivity contribution is -0.117. The number of rotatable bonds is 4. The summed E-state index contributed by atoms with van der Waals surface area (Å²) >= 11 is 0. The highest BCUT2D eigenvalue weighted by atomic mass is 16.2. The lowest BCUT2D eigenvalue weighted by atomic mass is 10.1. The molecule has 1 heterocycles. The van der Waals surface area contributed by atoms with Gasteiger partial charge in [-0.2, -0.15) is 0 Å². The molecular formula is C16H25N3O. The number of aryl methyl sites for hydroxylation is 3. The Balaban J connectivity index is 1.97. The summed E-state index contributed by atoms with van der Waals surface area (Å²) < 4.78 is 0. The van der Waals surface area contributed by atoms with E-state index in [0.717, 1.165) is 36.3 Å². The van der Waals surface area contributed by atoms with Crippen molar-refractivity contribution in [3.8, 4) is 0 Å². The number of amides is 1. The molecule has 0 saturated carbocycles. The van der Waals surface area contributed by atoms with Gasteiger partial charge in [-0.1, -0.05) is 17.7 Å². The van der Waals surface area contributed by atoms with Crippen LogP contribution in [0.1, 0.15) is 23.1 Å². The van der Waals surface area contributed by atoms with Gasteiger partial charge >= 0.3 is 0 Å². The van der Waals surface area contributed by atoms with Gasteiger partial charge in [0.2, 0.25) is 5.91 Å². The van der Waals surface area contributed by atoms with Gasteiger partial charge in [0.05, 0.1) is 6.54 Å². The van der Waals surface area contributed by atoms with Crippen molar-refractivity contribution in [3.63, 3.8) is 0 Å². The van der Waals surface area contributed by atoms with E-state index in [2.05, 4.69) is 34.6 Å². The number of carbonyl (C=O) groups excluding carboxylic acids is 1. The van der Waals surface area contributed by atoms with E-state index in [-0.39, 0.29) is 5.91 Å². The monoisotopic (exact) mass is 275 g/mol. The predicted octanol–water partition coefficient (Wildman–Crippen LogP) is 1.84. The van der Waals surface area contributed by atoms with Gasteiger partial charge in [-0.05, 0) is 51.9 Å². The number of carbonyl (C=O) groups is 1. The quantitative estimate of drug-likeness (QED) is 0.881. The van der Waals surface area contributed by atoms with Crippen LogP contribution in [0.5, 0.6) is 0 Å². The van der Waals surface area contributed by atoms with E-state index in [0.29, 0.717) is 12.6 Å². The first-order valence-electron chi connectivity index (χ1n) is 7.26. The van der Waals surface area contributed by atoms with Gasteiger partial charge in [0.1, 0.15) is 0 Å². The molecule has 0 spiro atoms. The molecule has 20 heavy (non-hydrogen) atoms. The average Bonchev–Trinajstić information content (AvgIpc) is 2.87. The number of nitrogens with zero attached hydrogens (tertiary/aromatic N) is 1. The van der Waals surface area contributed by atoms with E-state index >= 15 is 0 Å². The molecule has 2 N–H and O–H groups in total. The van der Waals surface area contributed by atoms with Crippen molar-refractivity contribution in [2.75, 3.05) is 32.0 Å². The molecule has 0 aromatic heterocycles. The highest BCUT2D eigenvalue weighted by Gasteiger charge is 2.21. The molecule has 4 heteroatoms. The van der Waals surface area contributed by atoms with E-state index < -0.39 is 0 Å². The Morgan fingerprint density at radius 2 is 2.00 bits per heavy atom. The second kappa shape index (κ2) is 6.37. The number of benzene rings is 1. The maximum Gasteiger partial charge on any atom is 0.238 e. The number of likely N-dealkylation sites (N-methyl/N-ethyl adjacent to an activating group) is 1. The van der Waals surface area contributed by atoms with E-state index in [1.807, 2.05) is 20.9 Å². The molecule has 1 fully saturated rings. The summed E-state index contributed by atoms with van der Waals surface area (Å²) in [4.78, 5) is 14.3. The number of anilines is 1. The molecule has 4 nitrogen and oxygen atoms in total. The van der Waals surface area contributed by atoms with Crippen LogP contribution < -0.4 is 10.6 Å². The molecule has 1 aliphatic heterocycles. The van der Waals surface area contributed by atoms with E-state index in [1.54, 1.807) is 0 Å². The number of hydrogen-bond donors (Lipinski definition) is 2. The van der Waals surface area contributed by atoms with Crippen molar-refractivity contribution in [1.82, 2.24) is 10.2 Å². The molecule has 1 atom stereocenters. The molecular weight excluding hydrogens is 250 g/mol. The summed E-state index contributed by atoms with van der Waals surface area (Å²) in [5, 5.41) is 6.39. The normalized spacial score (nSPS) is 18.6. The van der Waals surface area contributed by atoms with Crippen molar-refractivity contribution in [2.45, 2.75) is 33.2 Å². The summed E-state index contributed by atoms with van der Waals surface area (Å²) in [6, 6.07) is 4.68. The summed E-state index contributed by atoms with van der Waals surface area (Å²) in [5.41, 5.74) is 4.44. The second-order valence-corrected chi connectivity index (χ2v) is 5.88. The Morgan fingerprint density at radius 3 is 2.55 bits per heavy atom. The minimum Gasteiger partial charge on any atom is -0.324 e. The first-order valence-corrected chi connectivity index (χ1v) is 7.26. The SMILES string of the molecule is Cc1cc(C)c(NC(=O)CN(C)C2CCNC2)c(C)c1. The van der Waals surface area contributed by atoms with Crippen LogP contribution in [0.3, 0.4) is 0 Å². The van der Waals surface area contributed by atoms with Crippen LogP contribution in [0.2, 0.25) is 0 Å². The van der Waals surface area contributed by atoms with Gasteiger partial charge < -0.3 is 10.6 Å². The molecule has 2 rings (SSSR count). The van der Waals surface area contributed by atoms with Crippen molar-refractivity contribution in [1.29, 1.82) is 0 Å². The summed E-state index contributed by atoms with van der Waals surface area (Å²) in [5.74, 6) is 0.0643. The van der Waals surface area contributed by atoms with Crippen molar-refractivity contribution in [2.24, 2.45) is 0 Å². The smallest absolute Gasteiger partial charge is 0.238 e. The first-order chi connectivity index (χ1) is 9.47. The van der Waals surface area contributed by atoms with Gasteiger partial charge in [0.25, 0.3) is 0 Å². The third-order valence-corrected chi connectivity index (χ3v) is 3.99. The van der Waals surface area contributed by atoms with Crippen LogP contribution in [0.4, 0.5) is 5.69 Å².